The highest BCUT2D eigenvalue weighted by Gasteiger charge is 2.32. The number of hydrogen-bond acceptors (Lipinski definition) is 4. The SMILES string of the molecule is CC(C)C(OC(=O)C(NC(=O)c1ccccc1)c1ccccc1)C(=O)NCc1ccccc1. The number of benzene rings is 3. The highest BCUT2D eigenvalue weighted by Crippen LogP contribution is 2.19. The van der Waals surface area contributed by atoms with E-state index in [1.807, 2.05) is 36.4 Å². The van der Waals surface area contributed by atoms with Crippen molar-refractivity contribution in [2.24, 2.45) is 5.92 Å². The summed E-state index contributed by atoms with van der Waals surface area (Å²) in [7, 11) is 0. The van der Waals surface area contributed by atoms with Gasteiger partial charge in [0, 0.05) is 12.1 Å². The molecule has 0 bridgehead atoms. The number of amides is 2. The summed E-state index contributed by atoms with van der Waals surface area (Å²) < 4.78 is 5.65. The molecule has 3 aromatic carbocycles. The molecule has 2 N–H and O–H groups in total. The fourth-order valence-electron chi connectivity index (χ4n) is 3.30. The Bertz CT molecular complexity index is 1050. The van der Waals surface area contributed by atoms with Gasteiger partial charge in [-0.25, -0.2) is 4.79 Å². The maximum atomic E-state index is 13.2. The van der Waals surface area contributed by atoms with Gasteiger partial charge in [-0.3, -0.25) is 9.59 Å². The summed E-state index contributed by atoms with van der Waals surface area (Å²) in [6, 6.07) is 25.9. The van der Waals surface area contributed by atoms with Crippen LogP contribution in [0.5, 0.6) is 0 Å². The van der Waals surface area contributed by atoms with Crippen LogP contribution < -0.4 is 10.6 Å². The molecule has 0 spiro atoms. The smallest absolute Gasteiger partial charge is 0.334 e. The zero-order valence-corrected chi connectivity index (χ0v) is 18.7. The molecule has 0 fully saturated rings. The van der Waals surface area contributed by atoms with Crippen molar-refractivity contribution in [2.75, 3.05) is 0 Å². The summed E-state index contributed by atoms with van der Waals surface area (Å²) in [5.41, 5.74) is 1.93. The van der Waals surface area contributed by atoms with Crippen molar-refractivity contribution in [3.63, 3.8) is 0 Å². The number of carbonyl (C=O) groups is 3. The van der Waals surface area contributed by atoms with E-state index in [4.69, 9.17) is 4.74 Å². The lowest BCUT2D eigenvalue weighted by Crippen LogP contribution is -2.43. The van der Waals surface area contributed by atoms with Gasteiger partial charge >= 0.3 is 5.97 Å². The average Bonchev–Trinajstić information content (AvgIpc) is 2.85. The minimum Gasteiger partial charge on any atom is -0.450 e. The Balaban J connectivity index is 1.74. The summed E-state index contributed by atoms with van der Waals surface area (Å²) >= 11 is 0. The van der Waals surface area contributed by atoms with Crippen LogP contribution in [-0.4, -0.2) is 23.9 Å². The lowest BCUT2D eigenvalue weighted by molar-refractivity contribution is -0.160. The van der Waals surface area contributed by atoms with Gasteiger partial charge in [0.1, 0.15) is 0 Å². The molecule has 170 valence electrons. The van der Waals surface area contributed by atoms with Crippen LogP contribution in [-0.2, 0) is 20.9 Å². The van der Waals surface area contributed by atoms with Gasteiger partial charge in [0.2, 0.25) is 0 Å². The van der Waals surface area contributed by atoms with Gasteiger partial charge in [0.25, 0.3) is 11.8 Å². The maximum Gasteiger partial charge on any atom is 0.334 e. The van der Waals surface area contributed by atoms with Crippen molar-refractivity contribution in [3.8, 4) is 0 Å². The van der Waals surface area contributed by atoms with Crippen molar-refractivity contribution in [3.05, 3.63) is 108 Å². The first-order valence-electron chi connectivity index (χ1n) is 10.9. The van der Waals surface area contributed by atoms with Gasteiger partial charge < -0.3 is 15.4 Å². The van der Waals surface area contributed by atoms with Crippen LogP contribution >= 0.6 is 0 Å². The van der Waals surface area contributed by atoms with E-state index in [1.54, 1.807) is 68.4 Å². The molecule has 0 saturated heterocycles. The van der Waals surface area contributed by atoms with Crippen LogP contribution in [0.1, 0.15) is 41.4 Å². The molecule has 0 saturated carbocycles. The van der Waals surface area contributed by atoms with Crippen LogP contribution in [0.3, 0.4) is 0 Å². The second-order valence-electron chi connectivity index (χ2n) is 7.99. The zero-order valence-electron chi connectivity index (χ0n) is 18.7. The topological polar surface area (TPSA) is 84.5 Å². The molecule has 0 radical (unpaired) electrons. The van der Waals surface area contributed by atoms with Gasteiger partial charge in [-0.05, 0) is 29.2 Å². The van der Waals surface area contributed by atoms with E-state index in [1.165, 1.54) is 0 Å². The third-order valence-corrected chi connectivity index (χ3v) is 5.10. The highest BCUT2D eigenvalue weighted by atomic mass is 16.5. The summed E-state index contributed by atoms with van der Waals surface area (Å²) in [5, 5.41) is 5.57. The molecule has 0 aliphatic rings. The molecular weight excluding hydrogens is 416 g/mol. The van der Waals surface area contributed by atoms with Gasteiger partial charge in [-0.2, -0.15) is 0 Å². The summed E-state index contributed by atoms with van der Waals surface area (Å²) in [4.78, 5) is 38.8. The lowest BCUT2D eigenvalue weighted by atomic mass is 10.0. The van der Waals surface area contributed by atoms with E-state index in [0.717, 1.165) is 5.56 Å². The molecular formula is C27H28N2O4. The standard InChI is InChI=1S/C27H28N2O4/c1-19(2)24(26(31)28-18-20-12-6-3-7-13-20)33-27(32)23(21-14-8-4-9-15-21)29-25(30)22-16-10-5-11-17-22/h3-17,19,23-24H,18H2,1-2H3,(H,28,31)(H,29,30). The van der Waals surface area contributed by atoms with E-state index in [0.29, 0.717) is 17.7 Å². The van der Waals surface area contributed by atoms with Gasteiger partial charge in [-0.15, -0.1) is 0 Å². The third kappa shape index (κ3) is 6.77. The van der Waals surface area contributed by atoms with Crippen LogP contribution in [0.15, 0.2) is 91.0 Å². The fourth-order valence-corrected chi connectivity index (χ4v) is 3.30. The lowest BCUT2D eigenvalue weighted by Gasteiger charge is -2.24. The minimum atomic E-state index is -1.05. The summed E-state index contributed by atoms with van der Waals surface area (Å²) in [6.45, 7) is 3.94. The normalized spacial score (nSPS) is 12.5. The van der Waals surface area contributed by atoms with Crippen molar-refractivity contribution in [2.45, 2.75) is 32.5 Å². The Kier molecular flexibility index (Phi) is 8.36. The molecule has 2 amide bonds. The molecule has 3 aromatic rings. The first-order chi connectivity index (χ1) is 16.0. The van der Waals surface area contributed by atoms with Crippen LogP contribution in [0, 0.1) is 5.92 Å². The number of hydrogen-bond donors (Lipinski definition) is 2. The zero-order chi connectivity index (χ0) is 23.6. The third-order valence-electron chi connectivity index (χ3n) is 5.10. The molecule has 0 heterocycles. The molecule has 2 unspecified atom stereocenters. The quantitative estimate of drug-likeness (QED) is 0.488. The summed E-state index contributed by atoms with van der Waals surface area (Å²) in [5.74, 6) is -1.75. The highest BCUT2D eigenvalue weighted by molar-refractivity contribution is 5.97. The number of nitrogens with one attached hydrogen (secondary N) is 2. The van der Waals surface area contributed by atoms with Gasteiger partial charge in [-0.1, -0.05) is 92.7 Å². The Morgan fingerprint density at radius 1 is 0.788 bits per heavy atom. The van der Waals surface area contributed by atoms with E-state index in [-0.39, 0.29) is 11.8 Å². The Morgan fingerprint density at radius 2 is 1.33 bits per heavy atom. The van der Waals surface area contributed by atoms with Crippen molar-refractivity contribution < 1.29 is 19.1 Å². The number of carbonyl (C=O) groups excluding carboxylic acids is 3. The maximum absolute atomic E-state index is 13.2. The monoisotopic (exact) mass is 444 g/mol. The molecule has 6 heteroatoms. The number of ether oxygens (including phenoxy) is 1. The van der Waals surface area contributed by atoms with Crippen molar-refractivity contribution in [1.82, 2.24) is 10.6 Å². The first-order valence-corrected chi connectivity index (χ1v) is 10.9. The summed E-state index contributed by atoms with van der Waals surface area (Å²) in [6.07, 6.45) is -0.999. The predicted molar refractivity (Wildman–Crippen MR) is 126 cm³/mol. The first kappa shape index (κ1) is 23.7. The van der Waals surface area contributed by atoms with Crippen LogP contribution in [0.2, 0.25) is 0 Å². The average molecular weight is 445 g/mol. The molecule has 33 heavy (non-hydrogen) atoms. The van der Waals surface area contributed by atoms with Crippen LogP contribution in [0.25, 0.3) is 0 Å². The number of esters is 1. The fraction of sp³-hybridized carbons (Fsp3) is 0.222. The van der Waals surface area contributed by atoms with Crippen molar-refractivity contribution in [1.29, 1.82) is 0 Å². The Hall–Kier alpha value is -3.93. The Labute approximate surface area is 194 Å². The predicted octanol–water partition coefficient (Wildman–Crippen LogP) is 4.04. The molecule has 2 atom stereocenters. The van der Waals surface area contributed by atoms with Crippen LogP contribution in [0.4, 0.5) is 0 Å². The molecule has 6 nitrogen and oxygen atoms in total. The second-order valence-corrected chi connectivity index (χ2v) is 7.99. The van der Waals surface area contributed by atoms with Gasteiger partial charge in [0.15, 0.2) is 12.1 Å². The molecule has 0 aliphatic carbocycles. The second kappa shape index (κ2) is 11.6. The van der Waals surface area contributed by atoms with E-state index >= 15 is 0 Å². The molecule has 0 aromatic heterocycles. The van der Waals surface area contributed by atoms with Gasteiger partial charge in [0.05, 0.1) is 0 Å². The van der Waals surface area contributed by atoms with Crippen molar-refractivity contribution >= 4 is 17.8 Å². The van der Waals surface area contributed by atoms with E-state index < -0.39 is 24.0 Å². The number of rotatable bonds is 9. The van der Waals surface area contributed by atoms with E-state index in [9.17, 15) is 14.4 Å². The Morgan fingerprint density at radius 3 is 1.91 bits per heavy atom. The van der Waals surface area contributed by atoms with E-state index in [2.05, 4.69) is 10.6 Å². The largest absolute Gasteiger partial charge is 0.450 e. The minimum absolute atomic E-state index is 0.258. The molecule has 3 rings (SSSR count). The molecule has 0 aliphatic heterocycles.